The third kappa shape index (κ3) is 4.42. The maximum atomic E-state index is 11.7. The molecular formula is C14H16N2O4S. The maximum absolute atomic E-state index is 11.7. The number of pyridine rings is 1. The van der Waals surface area contributed by atoms with Gasteiger partial charge in [-0.05, 0) is 18.6 Å². The van der Waals surface area contributed by atoms with E-state index in [1.165, 1.54) is 12.1 Å². The fourth-order valence-electron chi connectivity index (χ4n) is 1.65. The van der Waals surface area contributed by atoms with Crippen LogP contribution in [0.25, 0.3) is 0 Å². The highest BCUT2D eigenvalue weighted by Gasteiger charge is 2.14. The summed E-state index contributed by atoms with van der Waals surface area (Å²) in [7, 11) is 0. The summed E-state index contributed by atoms with van der Waals surface area (Å²) in [4.78, 5) is 20.8. The predicted molar refractivity (Wildman–Crippen MR) is 78.1 cm³/mol. The fourth-order valence-corrected chi connectivity index (χ4v) is 2.57. The Morgan fingerprint density at radius 2 is 2.05 bits per heavy atom. The van der Waals surface area contributed by atoms with Gasteiger partial charge in [-0.15, -0.1) is 16.5 Å². The highest BCUT2D eigenvalue weighted by atomic mass is 32.2. The lowest BCUT2D eigenvalue weighted by atomic mass is 10.2. The Bertz CT molecular complexity index is 581. The van der Waals surface area contributed by atoms with Crippen molar-refractivity contribution in [2.75, 3.05) is 0 Å². The minimum Gasteiger partial charge on any atom is -0.492 e. The second-order valence-electron chi connectivity index (χ2n) is 4.44. The Hall–Kier alpha value is -2.15. The summed E-state index contributed by atoms with van der Waals surface area (Å²) in [5.41, 5.74) is 0. The number of nitrogens with zero attached hydrogens (tertiary/aromatic N) is 2. The van der Waals surface area contributed by atoms with Gasteiger partial charge in [0.1, 0.15) is 0 Å². The first-order valence-electron chi connectivity index (χ1n) is 6.45. The molecule has 0 bridgehead atoms. The van der Waals surface area contributed by atoms with Gasteiger partial charge in [-0.25, -0.2) is 9.78 Å². The largest absolute Gasteiger partial charge is 0.492 e. The summed E-state index contributed by atoms with van der Waals surface area (Å²) in [6, 6.07) is 8.15. The average molecular weight is 308 g/mol. The van der Waals surface area contributed by atoms with Crippen LogP contribution in [-0.4, -0.2) is 31.1 Å². The highest BCUT2D eigenvalue weighted by Crippen LogP contribution is 2.24. The van der Waals surface area contributed by atoms with Gasteiger partial charge in [0.05, 0.1) is 5.03 Å². The van der Waals surface area contributed by atoms with Crippen LogP contribution in [0.15, 0.2) is 41.6 Å². The van der Waals surface area contributed by atoms with Crippen LogP contribution in [0.3, 0.4) is 0 Å². The van der Waals surface area contributed by atoms with Gasteiger partial charge in [-0.3, -0.25) is 0 Å². The molecule has 112 valence electrons. The molecule has 2 aromatic heterocycles. The highest BCUT2D eigenvalue weighted by molar-refractivity contribution is 7.99. The predicted octanol–water partition coefficient (Wildman–Crippen LogP) is 2.21. The lowest BCUT2D eigenvalue weighted by Gasteiger charge is -2.10. The van der Waals surface area contributed by atoms with Gasteiger partial charge in [0, 0.05) is 30.0 Å². The van der Waals surface area contributed by atoms with Crippen molar-refractivity contribution >= 4 is 17.7 Å². The van der Waals surface area contributed by atoms with Crippen molar-refractivity contribution in [3.05, 3.63) is 36.5 Å². The van der Waals surface area contributed by atoms with Crippen LogP contribution in [0.1, 0.15) is 19.8 Å². The Morgan fingerprint density at radius 1 is 1.33 bits per heavy atom. The molecule has 2 N–H and O–H groups in total. The van der Waals surface area contributed by atoms with Crippen molar-refractivity contribution < 1.29 is 19.8 Å². The third-order valence-electron chi connectivity index (χ3n) is 2.71. The third-order valence-corrected chi connectivity index (χ3v) is 3.83. The van der Waals surface area contributed by atoms with Crippen LogP contribution in [0.2, 0.25) is 0 Å². The molecule has 1 atom stereocenters. The van der Waals surface area contributed by atoms with Crippen LogP contribution in [0, 0.1) is 0 Å². The molecule has 7 heteroatoms. The van der Waals surface area contributed by atoms with Crippen LogP contribution < -0.4 is 4.84 Å². The first-order chi connectivity index (χ1) is 10.1. The molecular weight excluding hydrogens is 292 g/mol. The van der Waals surface area contributed by atoms with Gasteiger partial charge in [-0.2, -0.15) is 0 Å². The minimum atomic E-state index is -0.523. The first kappa shape index (κ1) is 15.2. The lowest BCUT2D eigenvalue weighted by molar-refractivity contribution is -0.145. The molecule has 0 aliphatic rings. The van der Waals surface area contributed by atoms with Crippen LogP contribution in [0.4, 0.5) is 0 Å². The second kappa shape index (κ2) is 7.03. The van der Waals surface area contributed by atoms with Crippen molar-refractivity contribution in [1.29, 1.82) is 0 Å². The van der Waals surface area contributed by atoms with Gasteiger partial charge >= 0.3 is 5.97 Å². The van der Waals surface area contributed by atoms with Crippen molar-refractivity contribution in [3.8, 4) is 11.8 Å². The summed E-state index contributed by atoms with van der Waals surface area (Å²) in [5, 5.41) is 19.8. The molecule has 2 aromatic rings. The van der Waals surface area contributed by atoms with Crippen molar-refractivity contribution in [3.63, 3.8) is 0 Å². The zero-order chi connectivity index (χ0) is 15.2. The Morgan fingerprint density at radius 3 is 2.67 bits per heavy atom. The van der Waals surface area contributed by atoms with Crippen LogP contribution in [0.5, 0.6) is 11.8 Å². The van der Waals surface area contributed by atoms with Gasteiger partial charge < -0.3 is 15.1 Å². The topological polar surface area (TPSA) is 84.6 Å². The number of hydrogen-bond acceptors (Lipinski definition) is 6. The number of carbonyl (C=O) groups is 1. The molecule has 0 amide bonds. The number of aromatic hydroxyl groups is 2. The van der Waals surface area contributed by atoms with Gasteiger partial charge in [0.25, 0.3) is 0 Å². The van der Waals surface area contributed by atoms with Crippen molar-refractivity contribution in [1.82, 2.24) is 9.71 Å². The molecule has 2 heterocycles. The zero-order valence-electron chi connectivity index (χ0n) is 11.5. The lowest BCUT2D eigenvalue weighted by Crippen LogP contribution is -2.19. The standard InChI is InChI=1S/C14H16N2O4S/c1-10(21-11-4-2-3-9-15-11)5-8-14(19)20-16-12(17)6-7-13(16)18/h2-4,6-7,9-10,17-18H,5,8H2,1H3. The van der Waals surface area contributed by atoms with Gasteiger partial charge in [0.2, 0.25) is 11.8 Å². The molecule has 2 rings (SSSR count). The molecule has 0 aliphatic carbocycles. The van der Waals surface area contributed by atoms with E-state index in [0.717, 1.165) is 5.03 Å². The quantitative estimate of drug-likeness (QED) is 0.796. The number of carbonyl (C=O) groups excluding carboxylic acids is 1. The van der Waals surface area contributed by atoms with Gasteiger partial charge in [0.15, 0.2) is 0 Å². The van der Waals surface area contributed by atoms with E-state index in [9.17, 15) is 15.0 Å². The number of rotatable bonds is 6. The van der Waals surface area contributed by atoms with Crippen molar-refractivity contribution in [2.45, 2.75) is 30.0 Å². The van der Waals surface area contributed by atoms with Crippen LogP contribution in [-0.2, 0) is 4.79 Å². The van der Waals surface area contributed by atoms with E-state index in [1.54, 1.807) is 18.0 Å². The summed E-state index contributed by atoms with van der Waals surface area (Å²) in [6.07, 6.45) is 2.50. The number of aromatic nitrogens is 2. The normalized spacial score (nSPS) is 12.0. The molecule has 0 radical (unpaired) electrons. The van der Waals surface area contributed by atoms with E-state index in [0.29, 0.717) is 11.2 Å². The molecule has 0 saturated carbocycles. The second-order valence-corrected chi connectivity index (χ2v) is 5.90. The number of hydrogen-bond donors (Lipinski definition) is 2. The Labute approximate surface area is 126 Å². The average Bonchev–Trinajstić information content (AvgIpc) is 2.78. The van der Waals surface area contributed by atoms with E-state index in [4.69, 9.17) is 4.84 Å². The first-order valence-corrected chi connectivity index (χ1v) is 7.33. The summed E-state index contributed by atoms with van der Waals surface area (Å²) in [5.74, 6) is -1.17. The Kier molecular flexibility index (Phi) is 5.10. The van der Waals surface area contributed by atoms with Crippen molar-refractivity contribution in [2.24, 2.45) is 0 Å². The summed E-state index contributed by atoms with van der Waals surface area (Å²) < 4.78 is 0.693. The molecule has 1 unspecified atom stereocenters. The summed E-state index contributed by atoms with van der Waals surface area (Å²) >= 11 is 1.58. The van der Waals surface area contributed by atoms with Crippen LogP contribution >= 0.6 is 11.8 Å². The fraction of sp³-hybridized carbons (Fsp3) is 0.286. The number of thioether (sulfide) groups is 1. The van der Waals surface area contributed by atoms with E-state index < -0.39 is 5.97 Å². The molecule has 0 aromatic carbocycles. The van der Waals surface area contributed by atoms with E-state index in [2.05, 4.69) is 4.98 Å². The SMILES string of the molecule is CC(CCC(=O)On1c(O)ccc1O)Sc1ccccn1. The van der Waals surface area contributed by atoms with E-state index in [-0.39, 0.29) is 23.4 Å². The zero-order valence-corrected chi connectivity index (χ0v) is 12.3. The maximum Gasteiger partial charge on any atom is 0.333 e. The summed E-state index contributed by atoms with van der Waals surface area (Å²) in [6.45, 7) is 2.00. The molecule has 0 aliphatic heterocycles. The molecule has 0 saturated heterocycles. The smallest absolute Gasteiger partial charge is 0.333 e. The molecule has 6 nitrogen and oxygen atoms in total. The molecule has 21 heavy (non-hydrogen) atoms. The minimum absolute atomic E-state index is 0.179. The van der Waals surface area contributed by atoms with Gasteiger partial charge in [-0.1, -0.05) is 13.0 Å². The molecule has 0 spiro atoms. The monoisotopic (exact) mass is 308 g/mol. The van der Waals surface area contributed by atoms with E-state index >= 15 is 0 Å². The van der Waals surface area contributed by atoms with E-state index in [1.807, 2.05) is 25.1 Å². The Balaban J connectivity index is 1.79. The molecule has 0 fully saturated rings.